The van der Waals surface area contributed by atoms with Gasteiger partial charge < -0.3 is 4.74 Å². The molecule has 0 spiro atoms. The van der Waals surface area contributed by atoms with Gasteiger partial charge in [0.1, 0.15) is 6.10 Å². The highest BCUT2D eigenvalue weighted by Crippen LogP contribution is 2.33. The predicted octanol–water partition coefficient (Wildman–Crippen LogP) is 2.64. The lowest BCUT2D eigenvalue weighted by Gasteiger charge is -2.26. The Balaban J connectivity index is 2.21. The Morgan fingerprint density at radius 1 is 1.71 bits per heavy atom. The van der Waals surface area contributed by atoms with Crippen LogP contribution >= 0.6 is 27.5 Å². The summed E-state index contributed by atoms with van der Waals surface area (Å²) in [6, 6.07) is 0. The van der Waals surface area contributed by atoms with E-state index in [0.717, 1.165) is 29.6 Å². The van der Waals surface area contributed by atoms with Gasteiger partial charge in [-0.25, -0.2) is 0 Å². The molecule has 1 aliphatic heterocycles. The molecule has 2 unspecified atom stereocenters. The molecule has 1 aliphatic rings. The minimum absolute atomic E-state index is 0.0770. The number of hydrogen-bond donors (Lipinski definition) is 0. The van der Waals surface area contributed by atoms with Crippen LogP contribution in [-0.2, 0) is 11.8 Å². The molecule has 0 bridgehead atoms. The first-order valence-electron chi connectivity index (χ1n) is 4.61. The fraction of sp³-hybridized carbons (Fsp3) is 0.667. The molecule has 0 amide bonds. The zero-order chi connectivity index (χ0) is 10.1. The fourth-order valence-corrected chi connectivity index (χ4v) is 2.58. The van der Waals surface area contributed by atoms with E-state index in [4.69, 9.17) is 16.3 Å². The van der Waals surface area contributed by atoms with Gasteiger partial charge in [0.25, 0.3) is 0 Å². The highest BCUT2D eigenvalue weighted by molar-refractivity contribution is 9.10. The van der Waals surface area contributed by atoms with Crippen LogP contribution in [0.5, 0.6) is 0 Å². The summed E-state index contributed by atoms with van der Waals surface area (Å²) in [6.45, 7) is 0.733. The molecule has 2 rings (SSSR count). The molecule has 0 N–H and O–H groups in total. The highest BCUT2D eigenvalue weighted by Gasteiger charge is 2.26. The van der Waals surface area contributed by atoms with E-state index in [0.29, 0.717) is 0 Å². The van der Waals surface area contributed by atoms with Gasteiger partial charge >= 0.3 is 0 Å². The van der Waals surface area contributed by atoms with Crippen molar-refractivity contribution in [1.82, 2.24) is 9.78 Å². The first-order chi connectivity index (χ1) is 6.68. The Labute approximate surface area is 96.5 Å². The number of ether oxygens (including phenoxy) is 1. The maximum Gasteiger partial charge on any atom is 0.102 e. The number of alkyl halides is 1. The van der Waals surface area contributed by atoms with Gasteiger partial charge in [0, 0.05) is 19.0 Å². The van der Waals surface area contributed by atoms with Crippen LogP contribution in [0.2, 0.25) is 0 Å². The second-order valence-corrected chi connectivity index (χ2v) is 4.95. The van der Waals surface area contributed by atoms with E-state index in [9.17, 15) is 0 Å². The SMILES string of the molecule is Cn1ncc(Br)c1C1CC(Cl)CCO1. The lowest BCUT2D eigenvalue weighted by molar-refractivity contribution is 0.0115. The molecule has 0 radical (unpaired) electrons. The van der Waals surface area contributed by atoms with Crippen LogP contribution in [0.15, 0.2) is 10.7 Å². The normalized spacial score (nSPS) is 27.9. The second-order valence-electron chi connectivity index (χ2n) is 3.48. The third-order valence-corrected chi connectivity index (χ3v) is 3.47. The summed E-state index contributed by atoms with van der Waals surface area (Å²) in [7, 11) is 1.92. The number of aryl methyl sites for hydroxylation is 1. The average Bonchev–Trinajstić information content (AvgIpc) is 2.46. The lowest BCUT2D eigenvalue weighted by atomic mass is 10.1. The minimum atomic E-state index is 0.0770. The molecule has 1 aromatic heterocycles. The molecule has 5 heteroatoms. The first-order valence-corrected chi connectivity index (χ1v) is 5.84. The van der Waals surface area contributed by atoms with Gasteiger partial charge in [-0.3, -0.25) is 4.68 Å². The molecule has 2 atom stereocenters. The van der Waals surface area contributed by atoms with E-state index >= 15 is 0 Å². The van der Waals surface area contributed by atoms with Gasteiger partial charge in [0.2, 0.25) is 0 Å². The Hall–Kier alpha value is -0.0600. The van der Waals surface area contributed by atoms with Crippen LogP contribution < -0.4 is 0 Å². The van der Waals surface area contributed by atoms with Crippen LogP contribution in [0.25, 0.3) is 0 Å². The van der Waals surface area contributed by atoms with E-state index in [-0.39, 0.29) is 11.5 Å². The van der Waals surface area contributed by atoms with E-state index in [2.05, 4.69) is 21.0 Å². The molecule has 14 heavy (non-hydrogen) atoms. The third kappa shape index (κ3) is 1.97. The molecular weight excluding hydrogens is 267 g/mol. The highest BCUT2D eigenvalue weighted by atomic mass is 79.9. The van der Waals surface area contributed by atoms with Crippen molar-refractivity contribution >= 4 is 27.5 Å². The summed E-state index contributed by atoms with van der Waals surface area (Å²) in [4.78, 5) is 0. The van der Waals surface area contributed by atoms with Gasteiger partial charge in [0.15, 0.2) is 0 Å². The monoisotopic (exact) mass is 278 g/mol. The van der Waals surface area contributed by atoms with Crippen molar-refractivity contribution in [3.05, 3.63) is 16.4 Å². The van der Waals surface area contributed by atoms with Crippen molar-refractivity contribution in [2.45, 2.75) is 24.3 Å². The predicted molar refractivity (Wildman–Crippen MR) is 58.5 cm³/mol. The number of nitrogens with zero attached hydrogens (tertiary/aromatic N) is 2. The molecule has 1 saturated heterocycles. The average molecular weight is 280 g/mol. The van der Waals surface area contributed by atoms with Gasteiger partial charge in [-0.1, -0.05) is 0 Å². The maximum atomic E-state index is 6.11. The molecule has 0 aromatic carbocycles. The van der Waals surface area contributed by atoms with Crippen molar-refractivity contribution in [2.24, 2.45) is 7.05 Å². The summed E-state index contributed by atoms with van der Waals surface area (Å²) in [5.41, 5.74) is 1.08. The number of hydrogen-bond acceptors (Lipinski definition) is 2. The molecule has 1 aromatic rings. The number of rotatable bonds is 1. The third-order valence-electron chi connectivity index (χ3n) is 2.46. The molecule has 0 saturated carbocycles. The molecule has 0 aliphatic carbocycles. The van der Waals surface area contributed by atoms with E-state index in [1.54, 1.807) is 6.20 Å². The fourth-order valence-electron chi connectivity index (χ4n) is 1.73. The Morgan fingerprint density at radius 3 is 3.07 bits per heavy atom. The van der Waals surface area contributed by atoms with Gasteiger partial charge in [-0.2, -0.15) is 5.10 Å². The van der Waals surface area contributed by atoms with Crippen molar-refractivity contribution in [3.8, 4) is 0 Å². The summed E-state index contributed by atoms with van der Waals surface area (Å²) < 4.78 is 8.51. The molecule has 3 nitrogen and oxygen atoms in total. The summed E-state index contributed by atoms with van der Waals surface area (Å²) >= 11 is 9.57. The smallest absolute Gasteiger partial charge is 0.102 e. The van der Waals surface area contributed by atoms with E-state index < -0.39 is 0 Å². The number of aromatic nitrogens is 2. The zero-order valence-corrected chi connectivity index (χ0v) is 10.3. The van der Waals surface area contributed by atoms with Gasteiger partial charge in [0.05, 0.1) is 16.4 Å². The zero-order valence-electron chi connectivity index (χ0n) is 7.91. The van der Waals surface area contributed by atoms with Crippen molar-refractivity contribution in [2.75, 3.05) is 6.61 Å². The van der Waals surface area contributed by atoms with Crippen LogP contribution in [0.3, 0.4) is 0 Å². The van der Waals surface area contributed by atoms with Crippen LogP contribution in [0, 0.1) is 0 Å². The topological polar surface area (TPSA) is 27.1 Å². The largest absolute Gasteiger partial charge is 0.372 e. The summed E-state index contributed by atoms with van der Waals surface area (Å²) in [6.07, 6.45) is 3.66. The molecule has 78 valence electrons. The van der Waals surface area contributed by atoms with E-state index in [1.807, 2.05) is 11.7 Å². The Morgan fingerprint density at radius 2 is 2.50 bits per heavy atom. The van der Waals surface area contributed by atoms with Crippen molar-refractivity contribution in [3.63, 3.8) is 0 Å². The van der Waals surface area contributed by atoms with Crippen LogP contribution in [0.4, 0.5) is 0 Å². The maximum absolute atomic E-state index is 6.11. The van der Waals surface area contributed by atoms with Crippen molar-refractivity contribution < 1.29 is 4.74 Å². The molecular formula is C9H12BrClN2O. The second kappa shape index (κ2) is 4.21. The van der Waals surface area contributed by atoms with Crippen LogP contribution in [-0.4, -0.2) is 21.8 Å². The quantitative estimate of drug-likeness (QED) is 0.739. The van der Waals surface area contributed by atoms with Crippen LogP contribution in [0.1, 0.15) is 24.6 Å². The number of halogens is 2. The molecule has 2 heterocycles. The summed E-state index contributed by atoms with van der Waals surface area (Å²) in [5.74, 6) is 0. The van der Waals surface area contributed by atoms with Crippen molar-refractivity contribution in [1.29, 1.82) is 0 Å². The lowest BCUT2D eigenvalue weighted by Crippen LogP contribution is -2.22. The Kier molecular flexibility index (Phi) is 3.14. The van der Waals surface area contributed by atoms with Gasteiger partial charge in [-0.05, 0) is 28.8 Å². The minimum Gasteiger partial charge on any atom is -0.372 e. The Bertz CT molecular complexity index is 309. The summed E-state index contributed by atoms with van der Waals surface area (Å²) in [5, 5.41) is 4.38. The van der Waals surface area contributed by atoms with E-state index in [1.165, 1.54) is 0 Å². The molecule has 1 fully saturated rings. The van der Waals surface area contributed by atoms with Gasteiger partial charge in [-0.15, -0.1) is 11.6 Å². The first kappa shape index (κ1) is 10.5. The standard InChI is InChI=1S/C9H12BrClN2O/c1-13-9(7(10)5-12-13)8-4-6(11)2-3-14-8/h5-6,8H,2-4H2,1H3.